The zero-order valence-electron chi connectivity index (χ0n) is 16.7. The Bertz CT molecular complexity index is 1030. The van der Waals surface area contributed by atoms with Crippen LogP contribution in [-0.4, -0.2) is 53.0 Å². The lowest BCUT2D eigenvalue weighted by molar-refractivity contribution is 0.101. The van der Waals surface area contributed by atoms with Crippen LogP contribution in [0.1, 0.15) is 30.1 Å². The van der Waals surface area contributed by atoms with E-state index in [4.69, 9.17) is 4.42 Å². The summed E-state index contributed by atoms with van der Waals surface area (Å²) in [6, 6.07) is 9.32. The average molecular weight is 394 g/mol. The number of aromatic nitrogens is 2. The van der Waals surface area contributed by atoms with E-state index in [0.717, 1.165) is 51.1 Å². The molecule has 1 aliphatic heterocycles. The lowest BCUT2D eigenvalue weighted by Crippen LogP contribution is -2.46. The molecule has 3 heterocycles. The molecule has 3 aromatic rings. The van der Waals surface area contributed by atoms with E-state index in [1.165, 1.54) is 12.6 Å². The molecule has 0 radical (unpaired) electrons. The predicted molar refractivity (Wildman–Crippen MR) is 113 cm³/mol. The minimum absolute atomic E-state index is 0.0358. The lowest BCUT2D eigenvalue weighted by atomic mass is 10.1. The van der Waals surface area contributed by atoms with Gasteiger partial charge >= 0.3 is 5.76 Å². The minimum atomic E-state index is -0.355. The van der Waals surface area contributed by atoms with Gasteiger partial charge in [-0.05, 0) is 56.6 Å². The number of rotatable bonds is 7. The number of unbranched alkanes of at least 4 members (excludes halogenated alkanes) is 1. The van der Waals surface area contributed by atoms with Crippen LogP contribution >= 0.6 is 0 Å². The summed E-state index contributed by atoms with van der Waals surface area (Å²) in [6.45, 7) is 7.30. The number of Topliss-reactive ketones (excluding diaryl/α,β-unsaturated/α-hetero) is 1. The van der Waals surface area contributed by atoms with E-state index in [2.05, 4.69) is 26.9 Å². The zero-order chi connectivity index (χ0) is 20.2. The van der Waals surface area contributed by atoms with Crippen molar-refractivity contribution in [1.29, 1.82) is 0 Å². The van der Waals surface area contributed by atoms with E-state index >= 15 is 0 Å². The predicted octanol–water partition coefficient (Wildman–Crippen LogP) is 2.79. The lowest BCUT2D eigenvalue weighted by Gasteiger charge is -2.36. The van der Waals surface area contributed by atoms with E-state index in [1.54, 1.807) is 22.8 Å². The normalized spacial score (nSPS) is 15.1. The van der Waals surface area contributed by atoms with E-state index in [0.29, 0.717) is 17.7 Å². The molecule has 7 heteroatoms. The van der Waals surface area contributed by atoms with Gasteiger partial charge in [-0.15, -0.1) is 0 Å². The Kier molecular flexibility index (Phi) is 5.76. The number of fused-ring (bicyclic) bond motifs is 1. The Balaban J connectivity index is 1.27. The van der Waals surface area contributed by atoms with Crippen LogP contribution in [-0.2, 0) is 6.54 Å². The summed E-state index contributed by atoms with van der Waals surface area (Å²) >= 11 is 0. The summed E-state index contributed by atoms with van der Waals surface area (Å²) in [5, 5.41) is 0. The number of piperazine rings is 1. The highest BCUT2D eigenvalue weighted by Gasteiger charge is 2.17. The van der Waals surface area contributed by atoms with Gasteiger partial charge in [0.2, 0.25) is 0 Å². The first-order chi connectivity index (χ1) is 14.1. The smallest absolute Gasteiger partial charge is 0.408 e. The van der Waals surface area contributed by atoms with Gasteiger partial charge in [-0.3, -0.25) is 19.2 Å². The second-order valence-corrected chi connectivity index (χ2v) is 7.50. The van der Waals surface area contributed by atoms with Crippen molar-refractivity contribution in [1.82, 2.24) is 14.5 Å². The first-order valence-electron chi connectivity index (χ1n) is 10.1. The number of carbonyl (C=O) groups excluding carboxylic acids is 1. The fraction of sp³-hybridized carbons (Fsp3) is 0.409. The SMILES string of the molecule is CC(=O)c1ccc2c(c1)oc(=O)n2CCCCN1CCN(c2ccncc2)CC1. The highest BCUT2D eigenvalue weighted by atomic mass is 16.4. The van der Waals surface area contributed by atoms with Gasteiger partial charge in [0.25, 0.3) is 0 Å². The molecule has 2 aromatic heterocycles. The van der Waals surface area contributed by atoms with Gasteiger partial charge < -0.3 is 9.32 Å². The van der Waals surface area contributed by atoms with Gasteiger partial charge in [0, 0.05) is 56.4 Å². The third-order valence-electron chi connectivity index (χ3n) is 5.58. The molecular formula is C22H26N4O3. The molecule has 0 N–H and O–H groups in total. The van der Waals surface area contributed by atoms with Crippen LogP contribution in [0.4, 0.5) is 5.69 Å². The number of hydrogen-bond donors (Lipinski definition) is 0. The van der Waals surface area contributed by atoms with Gasteiger partial charge in [0.15, 0.2) is 11.4 Å². The Morgan fingerprint density at radius 1 is 1.03 bits per heavy atom. The molecule has 0 spiro atoms. The molecule has 1 aliphatic rings. The number of pyridine rings is 1. The maximum atomic E-state index is 12.2. The van der Waals surface area contributed by atoms with Gasteiger partial charge in [-0.2, -0.15) is 0 Å². The number of ketones is 1. The Labute approximate surface area is 169 Å². The third-order valence-corrected chi connectivity index (χ3v) is 5.58. The first-order valence-corrected chi connectivity index (χ1v) is 10.1. The van der Waals surface area contributed by atoms with Crippen molar-refractivity contribution in [3.63, 3.8) is 0 Å². The molecule has 4 rings (SSSR count). The number of oxazole rings is 1. The first kappa shape index (κ1) is 19.4. The number of aryl methyl sites for hydroxylation is 1. The quantitative estimate of drug-likeness (QED) is 0.453. The number of hydrogen-bond acceptors (Lipinski definition) is 6. The standard InChI is InChI=1S/C22H26N4O3/c1-17(27)18-4-5-20-21(16-18)29-22(28)26(20)11-3-2-10-24-12-14-25(15-13-24)19-6-8-23-9-7-19/h4-9,16H,2-3,10-15H2,1H3. The Hall–Kier alpha value is -2.93. The average Bonchev–Trinajstić information content (AvgIpc) is 3.06. The fourth-order valence-electron chi connectivity index (χ4n) is 3.89. The Morgan fingerprint density at radius 2 is 1.76 bits per heavy atom. The van der Waals surface area contributed by atoms with Crippen LogP contribution in [0.15, 0.2) is 51.9 Å². The summed E-state index contributed by atoms with van der Waals surface area (Å²) in [6.07, 6.45) is 5.61. The number of nitrogens with zero attached hydrogens (tertiary/aromatic N) is 4. The van der Waals surface area contributed by atoms with Crippen molar-refractivity contribution in [3.05, 3.63) is 58.8 Å². The molecule has 1 fully saturated rings. The van der Waals surface area contributed by atoms with Gasteiger partial charge in [-0.25, -0.2) is 4.79 Å². The summed E-state index contributed by atoms with van der Waals surface area (Å²) in [5.74, 6) is -0.391. The molecule has 1 saturated heterocycles. The van der Waals surface area contributed by atoms with Crippen molar-refractivity contribution in [2.75, 3.05) is 37.6 Å². The van der Waals surface area contributed by atoms with Gasteiger partial charge in [0.1, 0.15) is 0 Å². The van der Waals surface area contributed by atoms with Crippen molar-refractivity contribution in [2.24, 2.45) is 0 Å². The van der Waals surface area contributed by atoms with Crippen LogP contribution in [0.2, 0.25) is 0 Å². The molecule has 29 heavy (non-hydrogen) atoms. The molecule has 0 amide bonds. The molecule has 0 bridgehead atoms. The number of benzene rings is 1. The largest absolute Gasteiger partial charge is 0.419 e. The van der Waals surface area contributed by atoms with E-state index < -0.39 is 0 Å². The summed E-state index contributed by atoms with van der Waals surface area (Å²) in [5.41, 5.74) is 3.03. The third kappa shape index (κ3) is 4.40. The molecule has 1 aromatic carbocycles. The maximum absolute atomic E-state index is 12.2. The van der Waals surface area contributed by atoms with Crippen molar-refractivity contribution >= 4 is 22.6 Å². The Morgan fingerprint density at radius 3 is 2.48 bits per heavy atom. The summed E-state index contributed by atoms with van der Waals surface area (Å²) in [7, 11) is 0. The van der Waals surface area contributed by atoms with Gasteiger partial charge in [-0.1, -0.05) is 0 Å². The highest BCUT2D eigenvalue weighted by Crippen LogP contribution is 2.17. The second kappa shape index (κ2) is 8.61. The summed E-state index contributed by atoms with van der Waals surface area (Å²) < 4.78 is 6.99. The van der Waals surface area contributed by atoms with Crippen molar-refractivity contribution < 1.29 is 9.21 Å². The van der Waals surface area contributed by atoms with Gasteiger partial charge in [0.05, 0.1) is 5.52 Å². The molecule has 0 atom stereocenters. The number of anilines is 1. The molecule has 0 unspecified atom stereocenters. The van der Waals surface area contributed by atoms with Crippen molar-refractivity contribution in [2.45, 2.75) is 26.3 Å². The van der Waals surface area contributed by atoms with E-state index in [9.17, 15) is 9.59 Å². The van der Waals surface area contributed by atoms with E-state index in [1.807, 2.05) is 12.4 Å². The van der Waals surface area contributed by atoms with Crippen LogP contribution in [0.5, 0.6) is 0 Å². The molecule has 0 aliphatic carbocycles. The van der Waals surface area contributed by atoms with Crippen LogP contribution in [0.25, 0.3) is 11.1 Å². The molecule has 152 valence electrons. The number of carbonyl (C=O) groups is 1. The molecule has 7 nitrogen and oxygen atoms in total. The summed E-state index contributed by atoms with van der Waals surface area (Å²) in [4.78, 5) is 32.6. The zero-order valence-corrected chi connectivity index (χ0v) is 16.7. The maximum Gasteiger partial charge on any atom is 0.419 e. The minimum Gasteiger partial charge on any atom is -0.408 e. The highest BCUT2D eigenvalue weighted by molar-refractivity contribution is 5.96. The van der Waals surface area contributed by atoms with Crippen LogP contribution in [0, 0.1) is 0 Å². The monoisotopic (exact) mass is 394 g/mol. The van der Waals surface area contributed by atoms with Crippen LogP contribution in [0.3, 0.4) is 0 Å². The molecular weight excluding hydrogens is 368 g/mol. The topological polar surface area (TPSA) is 71.6 Å². The van der Waals surface area contributed by atoms with Crippen molar-refractivity contribution in [3.8, 4) is 0 Å². The van der Waals surface area contributed by atoms with E-state index in [-0.39, 0.29) is 11.5 Å². The fourth-order valence-corrected chi connectivity index (χ4v) is 3.89. The molecule has 0 saturated carbocycles. The second-order valence-electron chi connectivity index (χ2n) is 7.50. The van der Waals surface area contributed by atoms with Crippen LogP contribution < -0.4 is 10.7 Å².